The molecule has 208 valence electrons. The summed E-state index contributed by atoms with van der Waals surface area (Å²) in [5, 5.41) is 17.8. The quantitative estimate of drug-likeness (QED) is 0.240. The first-order chi connectivity index (χ1) is 14.5. The van der Waals surface area contributed by atoms with E-state index in [0.29, 0.717) is 32.7 Å². The normalized spacial score (nSPS) is 15.9. The van der Waals surface area contributed by atoms with Crippen LogP contribution in [0.3, 0.4) is 0 Å². The molecule has 0 amide bonds. The second-order valence-electron chi connectivity index (χ2n) is 7.75. The van der Waals surface area contributed by atoms with Gasteiger partial charge in [-0.2, -0.15) is 0 Å². The zero-order valence-corrected chi connectivity index (χ0v) is 18.7. The van der Waals surface area contributed by atoms with Crippen molar-refractivity contribution in [3.05, 3.63) is 12.3 Å². The summed E-state index contributed by atoms with van der Waals surface area (Å²) in [6.45, 7) is 10.2. The molecule has 0 aromatic rings. The van der Waals surface area contributed by atoms with Crippen LogP contribution in [0.15, 0.2) is 12.3 Å². The van der Waals surface area contributed by atoms with Gasteiger partial charge in [-0.15, -0.1) is 0 Å². The number of nitrogens with zero attached hydrogens (tertiary/aromatic N) is 1. The fourth-order valence-corrected chi connectivity index (χ4v) is 3.75. The van der Waals surface area contributed by atoms with E-state index in [1.54, 1.807) is 0 Å². The molecule has 1 fully saturated rings. The maximum Gasteiger partial charge on any atom is 0.302 e. The van der Waals surface area contributed by atoms with E-state index in [0.717, 1.165) is 25.1 Å². The molecule has 3 atom stereocenters. The van der Waals surface area contributed by atoms with Crippen LogP contribution in [0.4, 0.5) is 0 Å². The highest BCUT2D eigenvalue weighted by molar-refractivity contribution is 5.66. The summed E-state index contributed by atoms with van der Waals surface area (Å²) >= 11 is 0. The van der Waals surface area contributed by atoms with Gasteiger partial charge in [-0.25, -0.2) is 0 Å². The zero-order chi connectivity index (χ0) is 22.2. The lowest BCUT2D eigenvalue weighted by atomic mass is 10.0. The maximum absolute atomic E-state index is 11.7. The fraction of sp³-hybridized carbons (Fsp3) is 0.885. The molecule has 0 aliphatic carbocycles. The van der Waals surface area contributed by atoms with Crippen LogP contribution in [0.2, 0.25) is 0 Å². The summed E-state index contributed by atoms with van der Waals surface area (Å²) in [6, 6.07) is 0.201. The number of esters is 1. The van der Waals surface area contributed by atoms with E-state index in [9.17, 15) is 4.79 Å². The van der Waals surface area contributed by atoms with Crippen molar-refractivity contribution >= 4 is 5.97 Å². The number of carbonyl (C=O) groups excluding carboxylic acids is 1. The number of aliphatic hydroxyl groups is 2. The number of allylic oxidation sites excluding steroid dienone is 1. The smallest absolute Gasteiger partial charge is 0.302 e. The van der Waals surface area contributed by atoms with Crippen LogP contribution in [-0.2, 0) is 23.7 Å². The Kier molecular flexibility index (Phi) is 29.3. The number of hydrogen-bond acceptors (Lipinski definition) is 8. The van der Waals surface area contributed by atoms with Crippen molar-refractivity contribution in [2.45, 2.75) is 100 Å². The molecule has 1 heterocycles. The molecule has 0 aromatic carbocycles. The fourth-order valence-electron chi connectivity index (χ4n) is 3.75. The van der Waals surface area contributed by atoms with Crippen LogP contribution in [0.25, 0.3) is 0 Å². The third kappa shape index (κ3) is 18.2. The molecule has 8 heteroatoms. The number of aliphatic hydroxyl groups excluding tert-OH is 2. The van der Waals surface area contributed by atoms with E-state index in [1.807, 2.05) is 0 Å². The molecular formula is C26H57NO7. The van der Waals surface area contributed by atoms with E-state index < -0.39 is 0 Å². The third-order valence-electron chi connectivity index (χ3n) is 5.12. The molecule has 3 unspecified atom stereocenters. The van der Waals surface area contributed by atoms with Gasteiger partial charge in [-0.05, 0) is 26.2 Å². The number of rotatable bonds is 16. The minimum atomic E-state index is -0.316. The van der Waals surface area contributed by atoms with Crippen LogP contribution in [0.5, 0.6) is 0 Å². The Morgan fingerprint density at radius 2 is 1.59 bits per heavy atom. The molecule has 8 nitrogen and oxygen atoms in total. The number of ether oxygens (including phenoxy) is 4. The highest BCUT2D eigenvalue weighted by Gasteiger charge is 2.26. The first-order valence-corrected chi connectivity index (χ1v) is 11.1. The molecule has 2 N–H and O–H groups in total. The molecule has 0 radical (unpaired) electrons. The van der Waals surface area contributed by atoms with Crippen LogP contribution in [0.1, 0.15) is 82.1 Å². The summed E-state index contributed by atoms with van der Waals surface area (Å²) in [4.78, 5) is 14.0. The maximum atomic E-state index is 11.7. The van der Waals surface area contributed by atoms with Crippen molar-refractivity contribution < 1.29 is 34.0 Å². The van der Waals surface area contributed by atoms with Gasteiger partial charge in [0.1, 0.15) is 6.10 Å². The first-order valence-electron chi connectivity index (χ1n) is 11.1. The molecule has 1 aliphatic heterocycles. The second kappa shape index (κ2) is 24.9. The highest BCUT2D eigenvalue weighted by atomic mass is 16.6. The predicted octanol–water partition coefficient (Wildman–Crippen LogP) is 4.42. The van der Waals surface area contributed by atoms with Gasteiger partial charge in [-0.3, -0.25) is 4.79 Å². The van der Waals surface area contributed by atoms with E-state index in [1.165, 1.54) is 19.8 Å². The van der Waals surface area contributed by atoms with Crippen molar-refractivity contribution in [2.75, 3.05) is 52.8 Å². The van der Waals surface area contributed by atoms with Gasteiger partial charge < -0.3 is 34.1 Å². The van der Waals surface area contributed by atoms with Gasteiger partial charge in [0.05, 0.1) is 52.4 Å². The van der Waals surface area contributed by atoms with Gasteiger partial charge in [0.15, 0.2) is 0 Å². The van der Waals surface area contributed by atoms with Crippen molar-refractivity contribution in [3.63, 3.8) is 0 Å². The largest absolute Gasteiger partial charge is 0.462 e. The number of hydrogen-bond donors (Lipinski definition) is 2. The Bertz CT molecular complexity index is 476. The molecular weight excluding hydrogens is 438 g/mol. The minimum absolute atomic E-state index is 0. The van der Waals surface area contributed by atoms with E-state index in [4.69, 9.17) is 29.2 Å². The van der Waals surface area contributed by atoms with Crippen molar-refractivity contribution in [1.29, 1.82) is 0 Å². The van der Waals surface area contributed by atoms with Gasteiger partial charge in [0.25, 0.3) is 0 Å². The molecule has 0 aromatic heterocycles. The molecule has 1 aliphatic rings. The van der Waals surface area contributed by atoms with E-state index in [2.05, 4.69) is 18.4 Å². The molecule has 0 saturated carbocycles. The SMILES string of the molecule is C.C.C.C.C=C1CCCCCN1C(C)CC(CC(COCCO)OCCOCCO)OC(C)=O. The monoisotopic (exact) mass is 495 g/mol. The summed E-state index contributed by atoms with van der Waals surface area (Å²) in [5.41, 5.74) is 1.15. The average molecular weight is 496 g/mol. The van der Waals surface area contributed by atoms with Crippen LogP contribution < -0.4 is 0 Å². The van der Waals surface area contributed by atoms with Crippen LogP contribution in [0, 0.1) is 0 Å². The summed E-state index contributed by atoms with van der Waals surface area (Å²) < 4.78 is 22.2. The third-order valence-corrected chi connectivity index (χ3v) is 5.12. The predicted molar refractivity (Wildman–Crippen MR) is 141 cm³/mol. The summed E-state index contributed by atoms with van der Waals surface area (Å²) in [7, 11) is 0. The molecule has 0 bridgehead atoms. The van der Waals surface area contributed by atoms with Crippen molar-refractivity contribution in [2.24, 2.45) is 0 Å². The molecule has 34 heavy (non-hydrogen) atoms. The van der Waals surface area contributed by atoms with E-state index in [-0.39, 0.29) is 80.4 Å². The van der Waals surface area contributed by atoms with Crippen LogP contribution in [-0.4, -0.2) is 92.1 Å². The average Bonchev–Trinajstić information content (AvgIpc) is 2.91. The number of carbonyl (C=O) groups is 1. The lowest BCUT2D eigenvalue weighted by Gasteiger charge is -2.34. The van der Waals surface area contributed by atoms with Gasteiger partial charge >= 0.3 is 5.97 Å². The second-order valence-corrected chi connectivity index (χ2v) is 7.75. The summed E-state index contributed by atoms with van der Waals surface area (Å²) in [5.74, 6) is -0.316. The lowest BCUT2D eigenvalue weighted by molar-refractivity contribution is -0.150. The molecule has 0 spiro atoms. The summed E-state index contributed by atoms with van der Waals surface area (Å²) in [6.07, 6.45) is 5.12. The molecule has 1 saturated heterocycles. The topological polar surface area (TPSA) is 97.7 Å². The first kappa shape index (κ1) is 40.0. The molecule has 1 rings (SSSR count). The Morgan fingerprint density at radius 3 is 2.21 bits per heavy atom. The Labute approximate surface area is 210 Å². The van der Waals surface area contributed by atoms with Crippen molar-refractivity contribution in [1.82, 2.24) is 4.90 Å². The van der Waals surface area contributed by atoms with Crippen LogP contribution >= 0.6 is 0 Å². The van der Waals surface area contributed by atoms with Gasteiger partial charge in [0, 0.05) is 38.0 Å². The minimum Gasteiger partial charge on any atom is -0.462 e. The van der Waals surface area contributed by atoms with E-state index >= 15 is 0 Å². The lowest BCUT2D eigenvalue weighted by Crippen LogP contribution is -2.38. The van der Waals surface area contributed by atoms with Crippen molar-refractivity contribution in [3.8, 4) is 0 Å². The Hall–Kier alpha value is -1.19. The highest BCUT2D eigenvalue weighted by Crippen LogP contribution is 2.24. The Balaban J connectivity index is -0.00000112. The number of likely N-dealkylation sites (tertiary alicyclic amines) is 1. The van der Waals surface area contributed by atoms with Gasteiger partial charge in [0.2, 0.25) is 0 Å². The van der Waals surface area contributed by atoms with Gasteiger partial charge in [-0.1, -0.05) is 42.7 Å². The standard InChI is InChI=1S/C22H41NO7.4CH4/c1-18-7-5-4-6-8-23(18)19(2)15-21(30-20(3)26)16-22(17-28-12-10-25)29-14-13-27-11-9-24;;;;/h19,21-22,24-25H,1,4-17H2,2-3H3;4*1H4. The Morgan fingerprint density at radius 1 is 0.941 bits per heavy atom. The zero-order valence-electron chi connectivity index (χ0n) is 18.7.